The molecule has 0 aromatic heterocycles. The molecule has 0 aliphatic heterocycles. The van der Waals surface area contributed by atoms with Gasteiger partial charge in [-0.2, -0.15) is 0 Å². The van der Waals surface area contributed by atoms with Crippen LogP contribution in [0, 0.1) is 12.8 Å². The van der Waals surface area contributed by atoms with Crippen LogP contribution in [0.4, 0.5) is 12.9 Å². The van der Waals surface area contributed by atoms with Crippen LogP contribution < -0.4 is 61.6 Å². The van der Waals surface area contributed by atoms with Crippen LogP contribution in [0.2, 0.25) is 0 Å². The predicted octanol–water partition coefficient (Wildman–Crippen LogP) is 0.868. The monoisotopic (exact) mass is 298 g/mol. The Kier molecular flexibility index (Phi) is 8.96. The summed E-state index contributed by atoms with van der Waals surface area (Å²) in [6.07, 6.45) is 1.82. The van der Waals surface area contributed by atoms with E-state index in [1.54, 1.807) is 13.0 Å². The van der Waals surface area contributed by atoms with Gasteiger partial charge < -0.3 is 17.7 Å². The zero-order valence-corrected chi connectivity index (χ0v) is 15.2. The van der Waals surface area contributed by atoms with Crippen LogP contribution in [0.5, 0.6) is 5.75 Å². The Morgan fingerprint density at radius 1 is 1.16 bits per heavy atom. The van der Waals surface area contributed by atoms with Crippen molar-refractivity contribution in [3.05, 3.63) is 23.8 Å². The molecule has 0 amide bonds. The summed E-state index contributed by atoms with van der Waals surface area (Å²) in [6, 6.07) is 4.22. The van der Waals surface area contributed by atoms with Gasteiger partial charge in [-0.1, -0.05) is 49.8 Å². The van der Waals surface area contributed by atoms with E-state index in [0.717, 1.165) is 18.9 Å². The first kappa shape index (κ1) is 19.5. The topological polar surface area (TPSA) is 9.23 Å². The summed E-state index contributed by atoms with van der Waals surface area (Å²) in [6.45, 7) is 0.998. The van der Waals surface area contributed by atoms with Crippen LogP contribution in [-0.4, -0.2) is 13.6 Å². The van der Waals surface area contributed by atoms with Gasteiger partial charge in [-0.15, -0.1) is 0 Å². The van der Waals surface area contributed by atoms with E-state index < -0.39 is 12.4 Å². The SMILES string of the molecule is CCC(CC)COc1ccc(C)cc1[B-](F)(F)F.[K+]. The van der Waals surface area contributed by atoms with Crippen LogP contribution >= 0.6 is 0 Å². The second-order valence-corrected chi connectivity index (χ2v) is 4.61. The van der Waals surface area contributed by atoms with E-state index in [-0.39, 0.29) is 57.1 Å². The smallest absolute Gasteiger partial charge is 0.496 e. The number of rotatable bonds is 6. The summed E-state index contributed by atoms with van der Waals surface area (Å²) in [5.74, 6) is 0.264. The first-order valence-electron chi connectivity index (χ1n) is 6.31. The van der Waals surface area contributed by atoms with Gasteiger partial charge in [0.15, 0.2) is 0 Å². The van der Waals surface area contributed by atoms with E-state index in [1.807, 2.05) is 13.8 Å². The molecular formula is C13H19BF3KO. The van der Waals surface area contributed by atoms with Gasteiger partial charge in [0.05, 0.1) is 12.4 Å². The molecule has 1 aromatic carbocycles. The molecule has 0 saturated carbocycles. The van der Waals surface area contributed by atoms with Gasteiger partial charge in [0.25, 0.3) is 0 Å². The number of hydrogen-bond acceptors (Lipinski definition) is 1. The molecule has 1 nitrogen and oxygen atoms in total. The number of aryl methyl sites for hydroxylation is 1. The Balaban J connectivity index is 0.00000324. The number of ether oxygens (including phenoxy) is 1. The fourth-order valence-corrected chi connectivity index (χ4v) is 1.79. The molecule has 0 radical (unpaired) electrons. The summed E-state index contributed by atoms with van der Waals surface area (Å²) in [5, 5.41) is 0. The molecule has 0 bridgehead atoms. The normalized spacial score (nSPS) is 11.3. The van der Waals surface area contributed by atoms with Crippen molar-refractivity contribution in [2.75, 3.05) is 6.61 Å². The van der Waals surface area contributed by atoms with E-state index in [2.05, 4.69) is 0 Å². The van der Waals surface area contributed by atoms with Crippen LogP contribution in [0.25, 0.3) is 0 Å². The van der Waals surface area contributed by atoms with Crippen molar-refractivity contribution in [3.8, 4) is 5.75 Å². The molecule has 0 aliphatic carbocycles. The molecule has 0 unspecified atom stereocenters. The predicted molar refractivity (Wildman–Crippen MR) is 69.5 cm³/mol. The number of hydrogen-bond donors (Lipinski definition) is 0. The van der Waals surface area contributed by atoms with Crippen molar-refractivity contribution < 1.29 is 69.1 Å². The summed E-state index contributed by atoms with van der Waals surface area (Å²) in [5.41, 5.74) is -0.0277. The third kappa shape index (κ3) is 6.21. The zero-order valence-electron chi connectivity index (χ0n) is 12.1. The number of benzene rings is 1. The van der Waals surface area contributed by atoms with Crippen molar-refractivity contribution >= 4 is 12.4 Å². The molecule has 1 aromatic rings. The quantitative estimate of drug-likeness (QED) is 0.708. The van der Waals surface area contributed by atoms with Crippen molar-refractivity contribution in [1.29, 1.82) is 0 Å². The summed E-state index contributed by atoms with van der Waals surface area (Å²) < 4.78 is 44.1. The van der Waals surface area contributed by atoms with Crippen LogP contribution in [0.1, 0.15) is 32.3 Å². The van der Waals surface area contributed by atoms with Gasteiger partial charge in [-0.05, 0) is 18.9 Å². The minimum absolute atomic E-state index is 0. The largest absolute Gasteiger partial charge is 1.00 e. The molecule has 0 N–H and O–H groups in total. The Morgan fingerprint density at radius 3 is 2.21 bits per heavy atom. The van der Waals surface area contributed by atoms with E-state index in [9.17, 15) is 12.9 Å². The Hall–Kier alpha value is 0.511. The molecule has 0 atom stereocenters. The van der Waals surface area contributed by atoms with E-state index in [0.29, 0.717) is 18.1 Å². The van der Waals surface area contributed by atoms with Crippen molar-refractivity contribution in [2.45, 2.75) is 33.6 Å². The Labute approximate surface area is 155 Å². The van der Waals surface area contributed by atoms with Gasteiger partial charge in [-0.3, -0.25) is 0 Å². The third-order valence-electron chi connectivity index (χ3n) is 3.15. The standard InChI is InChI=1S/C13H19BF3O.K/c1-4-11(5-2)9-18-13-7-6-10(3)8-12(13)14(15,16)17;/h6-8,11H,4-5,9H2,1-3H3;/q-1;+1. The first-order chi connectivity index (χ1) is 8.38. The van der Waals surface area contributed by atoms with Gasteiger partial charge in [-0.25, -0.2) is 0 Å². The third-order valence-corrected chi connectivity index (χ3v) is 3.15. The van der Waals surface area contributed by atoms with Gasteiger partial charge in [0.2, 0.25) is 0 Å². The maximum atomic E-state index is 12.9. The van der Waals surface area contributed by atoms with Crippen molar-refractivity contribution in [2.24, 2.45) is 5.92 Å². The van der Waals surface area contributed by atoms with E-state index >= 15 is 0 Å². The summed E-state index contributed by atoms with van der Waals surface area (Å²) in [4.78, 5) is 0. The summed E-state index contributed by atoms with van der Waals surface area (Å²) >= 11 is 0. The zero-order chi connectivity index (χ0) is 13.8. The molecule has 102 valence electrons. The fourth-order valence-electron chi connectivity index (χ4n) is 1.79. The van der Waals surface area contributed by atoms with Crippen LogP contribution in [-0.2, 0) is 0 Å². The molecule has 0 saturated heterocycles. The number of halogens is 3. The van der Waals surface area contributed by atoms with Crippen molar-refractivity contribution in [3.63, 3.8) is 0 Å². The minimum Gasteiger partial charge on any atom is -0.496 e. The second-order valence-electron chi connectivity index (χ2n) is 4.61. The second kappa shape index (κ2) is 8.72. The average molecular weight is 298 g/mol. The fraction of sp³-hybridized carbons (Fsp3) is 0.538. The molecule has 0 spiro atoms. The molecule has 6 heteroatoms. The van der Waals surface area contributed by atoms with Crippen LogP contribution in [0.15, 0.2) is 18.2 Å². The molecule has 19 heavy (non-hydrogen) atoms. The van der Waals surface area contributed by atoms with E-state index in [1.165, 1.54) is 6.07 Å². The molecule has 1 rings (SSSR count). The molecule has 0 fully saturated rings. The Bertz CT molecular complexity index is 392. The summed E-state index contributed by atoms with van der Waals surface area (Å²) in [7, 11) is 0. The van der Waals surface area contributed by atoms with Crippen LogP contribution in [0.3, 0.4) is 0 Å². The van der Waals surface area contributed by atoms with Gasteiger partial charge in [0.1, 0.15) is 0 Å². The Morgan fingerprint density at radius 2 is 1.74 bits per heavy atom. The first-order valence-corrected chi connectivity index (χ1v) is 6.31. The molecular weight excluding hydrogens is 279 g/mol. The van der Waals surface area contributed by atoms with E-state index in [4.69, 9.17) is 4.74 Å². The average Bonchev–Trinajstić information content (AvgIpc) is 2.30. The molecule has 0 heterocycles. The van der Waals surface area contributed by atoms with Crippen molar-refractivity contribution in [1.82, 2.24) is 0 Å². The van der Waals surface area contributed by atoms with Gasteiger partial charge >= 0.3 is 58.4 Å². The maximum Gasteiger partial charge on any atom is 1.00 e. The maximum absolute atomic E-state index is 12.9. The van der Waals surface area contributed by atoms with Gasteiger partial charge in [0, 0.05) is 0 Å². The molecule has 0 aliphatic rings. The minimum atomic E-state index is -5.02.